The van der Waals surface area contributed by atoms with Gasteiger partial charge in [0.2, 0.25) is 10.0 Å². The molecule has 18 heavy (non-hydrogen) atoms. The lowest BCUT2D eigenvalue weighted by molar-refractivity contribution is 0.162. The second-order valence-corrected chi connectivity index (χ2v) is 7.62. The standard InChI is InChI=1S/C10H13Cl2NO3S2/c1-7(2)6-16-4-3-13-18(14,15)8-5-9(11)17-10(8)12/h5,13H,1,3-4,6H2,2H3. The molecule has 0 radical (unpaired) electrons. The van der Waals surface area contributed by atoms with Crippen molar-refractivity contribution in [1.29, 1.82) is 0 Å². The molecular weight excluding hydrogens is 317 g/mol. The first-order valence-electron chi connectivity index (χ1n) is 4.99. The zero-order chi connectivity index (χ0) is 13.8. The van der Waals surface area contributed by atoms with E-state index in [1.165, 1.54) is 6.07 Å². The van der Waals surface area contributed by atoms with Gasteiger partial charge in [-0.1, -0.05) is 35.4 Å². The summed E-state index contributed by atoms with van der Waals surface area (Å²) in [6.45, 7) is 6.34. The quantitative estimate of drug-likeness (QED) is 0.618. The molecular formula is C10H13Cl2NO3S2. The Bertz CT molecular complexity index is 525. The van der Waals surface area contributed by atoms with Crippen molar-refractivity contribution in [1.82, 2.24) is 4.72 Å². The summed E-state index contributed by atoms with van der Waals surface area (Å²) in [7, 11) is -3.63. The number of rotatable bonds is 7. The van der Waals surface area contributed by atoms with Crippen molar-refractivity contribution < 1.29 is 13.2 Å². The van der Waals surface area contributed by atoms with Crippen molar-refractivity contribution in [2.24, 2.45) is 0 Å². The predicted molar refractivity (Wildman–Crippen MR) is 75.2 cm³/mol. The summed E-state index contributed by atoms with van der Waals surface area (Å²) in [6.07, 6.45) is 0. The van der Waals surface area contributed by atoms with Gasteiger partial charge >= 0.3 is 0 Å². The highest BCUT2D eigenvalue weighted by Crippen LogP contribution is 2.33. The molecule has 1 aromatic rings. The molecule has 4 nitrogen and oxygen atoms in total. The SMILES string of the molecule is C=C(C)COCCNS(=O)(=O)c1cc(Cl)sc1Cl. The summed E-state index contributed by atoms with van der Waals surface area (Å²) in [5.41, 5.74) is 0.880. The molecule has 8 heteroatoms. The minimum absolute atomic E-state index is 0.000863. The summed E-state index contributed by atoms with van der Waals surface area (Å²) in [6, 6.07) is 1.33. The van der Waals surface area contributed by atoms with E-state index in [2.05, 4.69) is 11.3 Å². The van der Waals surface area contributed by atoms with Crippen molar-refractivity contribution >= 4 is 44.6 Å². The predicted octanol–water partition coefficient (Wildman–Crippen LogP) is 2.93. The third-order valence-corrected chi connectivity index (χ3v) is 5.02. The molecule has 1 heterocycles. The largest absolute Gasteiger partial charge is 0.376 e. The topological polar surface area (TPSA) is 55.4 Å². The van der Waals surface area contributed by atoms with Gasteiger partial charge in [-0.25, -0.2) is 13.1 Å². The number of sulfonamides is 1. The van der Waals surface area contributed by atoms with Crippen LogP contribution in [0.2, 0.25) is 8.67 Å². The van der Waals surface area contributed by atoms with Crippen LogP contribution in [-0.2, 0) is 14.8 Å². The fourth-order valence-electron chi connectivity index (χ4n) is 1.08. The van der Waals surface area contributed by atoms with E-state index in [-0.39, 0.29) is 22.4 Å². The molecule has 0 bridgehead atoms. The van der Waals surface area contributed by atoms with Gasteiger partial charge < -0.3 is 4.74 Å². The van der Waals surface area contributed by atoms with Gasteiger partial charge in [-0.2, -0.15) is 0 Å². The van der Waals surface area contributed by atoms with Gasteiger partial charge in [0.25, 0.3) is 0 Å². The second kappa shape index (κ2) is 6.88. The maximum Gasteiger partial charge on any atom is 0.243 e. The maximum atomic E-state index is 11.8. The Labute approximate surface area is 121 Å². The van der Waals surface area contributed by atoms with Crippen LogP contribution in [-0.4, -0.2) is 28.2 Å². The summed E-state index contributed by atoms with van der Waals surface area (Å²) in [5.74, 6) is 0. The van der Waals surface area contributed by atoms with Gasteiger partial charge in [0.15, 0.2) is 0 Å². The van der Waals surface area contributed by atoms with E-state index >= 15 is 0 Å². The Balaban J connectivity index is 2.51. The zero-order valence-electron chi connectivity index (χ0n) is 9.70. The number of thiophene rings is 1. The minimum Gasteiger partial charge on any atom is -0.376 e. The molecule has 0 atom stereocenters. The van der Waals surface area contributed by atoms with Crippen LogP contribution in [0.25, 0.3) is 0 Å². The summed E-state index contributed by atoms with van der Waals surface area (Å²) in [4.78, 5) is -0.000863. The number of halogens is 2. The number of hydrogen-bond acceptors (Lipinski definition) is 4. The molecule has 0 aliphatic rings. The van der Waals surface area contributed by atoms with Gasteiger partial charge in [0, 0.05) is 6.54 Å². The van der Waals surface area contributed by atoms with Gasteiger partial charge in [0.05, 0.1) is 17.6 Å². The van der Waals surface area contributed by atoms with Gasteiger partial charge in [0.1, 0.15) is 9.23 Å². The molecule has 0 unspecified atom stereocenters. The zero-order valence-corrected chi connectivity index (χ0v) is 12.8. The van der Waals surface area contributed by atoms with Crippen LogP contribution in [0.5, 0.6) is 0 Å². The van der Waals surface area contributed by atoms with Gasteiger partial charge in [-0.3, -0.25) is 0 Å². The highest BCUT2D eigenvalue weighted by atomic mass is 35.5. The van der Waals surface area contributed by atoms with Crippen LogP contribution in [0.1, 0.15) is 6.92 Å². The Morgan fingerprint density at radius 1 is 1.56 bits per heavy atom. The average Bonchev–Trinajstić information content (AvgIpc) is 2.57. The maximum absolute atomic E-state index is 11.8. The molecule has 1 N–H and O–H groups in total. The van der Waals surface area contributed by atoms with E-state index in [9.17, 15) is 8.42 Å². The molecule has 1 rings (SSSR count). The smallest absolute Gasteiger partial charge is 0.243 e. The minimum atomic E-state index is -3.63. The molecule has 0 saturated carbocycles. The molecule has 1 aromatic heterocycles. The lowest BCUT2D eigenvalue weighted by Crippen LogP contribution is -2.27. The van der Waals surface area contributed by atoms with Crippen LogP contribution < -0.4 is 4.72 Å². The molecule has 0 aliphatic heterocycles. The normalized spacial score (nSPS) is 11.7. The Morgan fingerprint density at radius 3 is 2.72 bits per heavy atom. The summed E-state index contributed by atoms with van der Waals surface area (Å²) < 4.78 is 31.7. The lowest BCUT2D eigenvalue weighted by atomic mass is 10.4. The molecule has 0 saturated heterocycles. The number of hydrogen-bond donors (Lipinski definition) is 1. The fourth-order valence-corrected chi connectivity index (χ4v) is 4.24. The van der Waals surface area contributed by atoms with Crippen molar-refractivity contribution in [3.63, 3.8) is 0 Å². The third-order valence-electron chi connectivity index (χ3n) is 1.80. The van der Waals surface area contributed by atoms with Gasteiger partial charge in [-0.15, -0.1) is 11.3 Å². The van der Waals surface area contributed by atoms with Crippen molar-refractivity contribution in [2.45, 2.75) is 11.8 Å². The summed E-state index contributed by atoms with van der Waals surface area (Å²) >= 11 is 12.5. The van der Waals surface area contributed by atoms with E-state index in [0.29, 0.717) is 10.9 Å². The van der Waals surface area contributed by atoms with Crippen LogP contribution >= 0.6 is 34.5 Å². The Kier molecular flexibility index (Phi) is 6.10. The Hall–Kier alpha value is -0.110. The molecule has 0 aromatic carbocycles. The van der Waals surface area contributed by atoms with Crippen LogP contribution in [0, 0.1) is 0 Å². The second-order valence-electron chi connectivity index (χ2n) is 3.60. The number of nitrogens with one attached hydrogen (secondary N) is 1. The van der Waals surface area contributed by atoms with E-state index in [1.54, 1.807) is 0 Å². The molecule has 0 amide bonds. The van der Waals surface area contributed by atoms with Gasteiger partial charge in [-0.05, 0) is 13.0 Å². The highest BCUT2D eigenvalue weighted by Gasteiger charge is 2.20. The van der Waals surface area contributed by atoms with Crippen LogP contribution in [0.15, 0.2) is 23.1 Å². The first-order valence-corrected chi connectivity index (χ1v) is 8.05. The summed E-state index contributed by atoms with van der Waals surface area (Å²) in [5, 5.41) is 0. The molecule has 0 aliphatic carbocycles. The average molecular weight is 330 g/mol. The van der Waals surface area contributed by atoms with Crippen LogP contribution in [0.3, 0.4) is 0 Å². The lowest BCUT2D eigenvalue weighted by Gasteiger charge is -2.06. The monoisotopic (exact) mass is 329 g/mol. The first kappa shape index (κ1) is 15.9. The molecule has 0 spiro atoms. The van der Waals surface area contributed by atoms with Crippen LogP contribution in [0.4, 0.5) is 0 Å². The first-order chi connectivity index (χ1) is 8.33. The molecule has 102 valence electrons. The van der Waals surface area contributed by atoms with E-state index in [1.807, 2.05) is 6.92 Å². The van der Waals surface area contributed by atoms with Crippen molar-refractivity contribution in [2.75, 3.05) is 19.8 Å². The van der Waals surface area contributed by atoms with E-state index < -0.39 is 10.0 Å². The van der Waals surface area contributed by atoms with E-state index in [0.717, 1.165) is 16.9 Å². The van der Waals surface area contributed by atoms with Crippen molar-refractivity contribution in [3.8, 4) is 0 Å². The van der Waals surface area contributed by atoms with E-state index in [4.69, 9.17) is 27.9 Å². The Morgan fingerprint density at radius 2 is 2.22 bits per heavy atom. The number of ether oxygens (including phenoxy) is 1. The third kappa shape index (κ3) is 4.87. The molecule has 0 fully saturated rings. The van der Waals surface area contributed by atoms with Crippen molar-refractivity contribution in [3.05, 3.63) is 26.9 Å². The highest BCUT2D eigenvalue weighted by molar-refractivity contribution is 7.89. The fraction of sp³-hybridized carbons (Fsp3) is 0.400.